The molecule has 0 aromatic heterocycles. The van der Waals surface area contributed by atoms with Crippen molar-refractivity contribution in [3.05, 3.63) is 29.3 Å². The van der Waals surface area contributed by atoms with E-state index in [4.69, 9.17) is 5.11 Å². The highest BCUT2D eigenvalue weighted by Gasteiger charge is 2.36. The Morgan fingerprint density at radius 1 is 1.47 bits per heavy atom. The van der Waals surface area contributed by atoms with Gasteiger partial charge in [0.15, 0.2) is 0 Å². The van der Waals surface area contributed by atoms with Crippen LogP contribution in [0.3, 0.4) is 0 Å². The van der Waals surface area contributed by atoms with Crippen LogP contribution < -0.4 is 5.32 Å². The lowest BCUT2D eigenvalue weighted by molar-refractivity contribution is 0.0696. The van der Waals surface area contributed by atoms with Crippen molar-refractivity contribution < 1.29 is 18.7 Å². The van der Waals surface area contributed by atoms with Crippen molar-refractivity contribution in [3.63, 3.8) is 0 Å². The number of carboxylic acids is 1. The number of aromatic carboxylic acids is 1. The molecule has 0 spiro atoms. The van der Waals surface area contributed by atoms with Crippen LogP contribution in [0.5, 0.6) is 0 Å². The first-order chi connectivity index (χ1) is 8.02. The summed E-state index contributed by atoms with van der Waals surface area (Å²) >= 11 is 0. The number of hydrogen-bond donors (Lipinski definition) is 2. The molecule has 1 aliphatic rings. The van der Waals surface area contributed by atoms with Gasteiger partial charge in [-0.3, -0.25) is 0 Å². The lowest BCUT2D eigenvalue weighted by Crippen LogP contribution is -2.09. The number of rotatable bonds is 4. The van der Waals surface area contributed by atoms with Gasteiger partial charge in [0.25, 0.3) is 0 Å². The molecule has 1 saturated carbocycles. The molecular weight excluding hydrogens is 228 g/mol. The monoisotopic (exact) mass is 241 g/mol. The maximum absolute atomic E-state index is 13.5. The molecule has 1 fully saturated rings. The first-order valence-electron chi connectivity index (χ1n) is 5.51. The lowest BCUT2D eigenvalue weighted by Gasteiger charge is -2.09. The maximum Gasteiger partial charge on any atom is 0.335 e. The number of benzene rings is 1. The molecule has 2 unspecified atom stereocenters. The highest BCUT2D eigenvalue weighted by molar-refractivity contribution is 5.88. The number of hydrogen-bond acceptors (Lipinski definition) is 2. The summed E-state index contributed by atoms with van der Waals surface area (Å²) in [6.07, 6.45) is 1.87. The van der Waals surface area contributed by atoms with Crippen LogP contribution in [0.2, 0.25) is 0 Å². The molecular formula is C12H13F2NO2. The Morgan fingerprint density at radius 2 is 2.06 bits per heavy atom. The predicted octanol–water partition coefficient (Wildman–Crippen LogP) is 2.87. The summed E-state index contributed by atoms with van der Waals surface area (Å²) < 4.78 is 27.0. The fourth-order valence-corrected chi connectivity index (χ4v) is 1.90. The van der Waals surface area contributed by atoms with Crippen molar-refractivity contribution >= 4 is 11.7 Å². The van der Waals surface area contributed by atoms with E-state index < -0.39 is 17.6 Å². The average molecular weight is 241 g/mol. The van der Waals surface area contributed by atoms with E-state index in [1.54, 1.807) is 0 Å². The van der Waals surface area contributed by atoms with Gasteiger partial charge in [0, 0.05) is 6.04 Å². The van der Waals surface area contributed by atoms with Crippen LogP contribution in [0.1, 0.15) is 30.1 Å². The zero-order chi connectivity index (χ0) is 12.6. The van der Waals surface area contributed by atoms with Crippen LogP contribution in [0.4, 0.5) is 14.5 Å². The summed E-state index contributed by atoms with van der Waals surface area (Å²) in [5.74, 6) is -2.60. The van der Waals surface area contributed by atoms with E-state index >= 15 is 0 Å². The van der Waals surface area contributed by atoms with E-state index in [1.165, 1.54) is 0 Å². The Hall–Kier alpha value is -1.65. The zero-order valence-electron chi connectivity index (χ0n) is 9.34. The van der Waals surface area contributed by atoms with Crippen molar-refractivity contribution in [2.24, 2.45) is 5.92 Å². The molecule has 0 saturated heterocycles. The van der Waals surface area contributed by atoms with Gasteiger partial charge in [0.2, 0.25) is 0 Å². The Labute approximate surface area is 97.5 Å². The second kappa shape index (κ2) is 4.31. The van der Waals surface area contributed by atoms with E-state index in [2.05, 4.69) is 5.32 Å². The maximum atomic E-state index is 13.5. The van der Waals surface area contributed by atoms with Crippen molar-refractivity contribution in [2.45, 2.75) is 25.8 Å². The standard InChI is InChI=1S/C12H13F2NO2/c1-2-6-5-10(6)15-11-8(13)3-7(12(16)17)4-9(11)14/h3-4,6,10,15H,2,5H2,1H3,(H,16,17). The summed E-state index contributed by atoms with van der Waals surface area (Å²) in [5.41, 5.74) is -0.607. The van der Waals surface area contributed by atoms with E-state index in [-0.39, 0.29) is 17.3 Å². The molecule has 0 radical (unpaired) electrons. The van der Waals surface area contributed by atoms with Crippen molar-refractivity contribution in [3.8, 4) is 0 Å². The first kappa shape index (κ1) is 11.8. The lowest BCUT2D eigenvalue weighted by atomic mass is 10.2. The Morgan fingerprint density at radius 3 is 2.47 bits per heavy atom. The predicted molar refractivity (Wildman–Crippen MR) is 59.1 cm³/mol. The largest absolute Gasteiger partial charge is 0.478 e. The molecule has 1 aromatic carbocycles. The van der Waals surface area contributed by atoms with Crippen LogP contribution >= 0.6 is 0 Å². The molecule has 92 valence electrons. The van der Waals surface area contributed by atoms with Gasteiger partial charge in [0.05, 0.1) is 5.56 Å². The quantitative estimate of drug-likeness (QED) is 0.852. The second-order valence-electron chi connectivity index (χ2n) is 4.27. The van der Waals surface area contributed by atoms with Crippen LogP contribution in [0, 0.1) is 17.6 Å². The fourth-order valence-electron chi connectivity index (χ4n) is 1.90. The highest BCUT2D eigenvalue weighted by Crippen LogP contribution is 2.37. The minimum Gasteiger partial charge on any atom is -0.478 e. The number of carbonyl (C=O) groups is 1. The molecule has 2 N–H and O–H groups in total. The number of nitrogens with one attached hydrogen (secondary N) is 1. The molecule has 1 aliphatic carbocycles. The van der Waals surface area contributed by atoms with Crippen LogP contribution in [-0.2, 0) is 0 Å². The number of anilines is 1. The van der Waals surface area contributed by atoms with E-state index in [1.807, 2.05) is 6.92 Å². The van der Waals surface area contributed by atoms with E-state index in [0.717, 1.165) is 25.0 Å². The normalized spacial score (nSPS) is 22.3. The molecule has 2 rings (SSSR count). The van der Waals surface area contributed by atoms with Gasteiger partial charge in [-0.15, -0.1) is 0 Å². The Bertz CT molecular complexity index is 439. The smallest absolute Gasteiger partial charge is 0.335 e. The summed E-state index contributed by atoms with van der Waals surface area (Å²) in [4.78, 5) is 10.6. The minimum absolute atomic E-state index is 0.0969. The first-order valence-corrected chi connectivity index (χ1v) is 5.51. The average Bonchev–Trinajstić information content (AvgIpc) is 3.01. The Balaban J connectivity index is 2.20. The van der Waals surface area contributed by atoms with E-state index in [9.17, 15) is 13.6 Å². The van der Waals surface area contributed by atoms with Crippen LogP contribution in [0.25, 0.3) is 0 Å². The van der Waals surface area contributed by atoms with Gasteiger partial charge < -0.3 is 10.4 Å². The van der Waals surface area contributed by atoms with Crippen molar-refractivity contribution in [1.82, 2.24) is 0 Å². The van der Waals surface area contributed by atoms with Crippen LogP contribution in [0.15, 0.2) is 12.1 Å². The SMILES string of the molecule is CCC1CC1Nc1c(F)cc(C(=O)O)cc1F. The molecule has 1 aromatic rings. The van der Waals surface area contributed by atoms with Gasteiger partial charge in [-0.25, -0.2) is 13.6 Å². The van der Waals surface area contributed by atoms with Gasteiger partial charge in [-0.1, -0.05) is 13.3 Å². The van der Waals surface area contributed by atoms with Gasteiger partial charge in [-0.2, -0.15) is 0 Å². The third-order valence-corrected chi connectivity index (χ3v) is 3.07. The van der Waals surface area contributed by atoms with Crippen LogP contribution in [-0.4, -0.2) is 17.1 Å². The van der Waals surface area contributed by atoms with E-state index in [0.29, 0.717) is 5.92 Å². The molecule has 0 amide bonds. The summed E-state index contributed by atoms with van der Waals surface area (Å²) in [6, 6.07) is 1.76. The topological polar surface area (TPSA) is 49.3 Å². The van der Waals surface area contributed by atoms with Gasteiger partial charge in [-0.05, 0) is 24.5 Å². The number of halogens is 2. The molecule has 3 nitrogen and oxygen atoms in total. The van der Waals surface area contributed by atoms with Gasteiger partial charge >= 0.3 is 5.97 Å². The molecule has 17 heavy (non-hydrogen) atoms. The highest BCUT2D eigenvalue weighted by atomic mass is 19.1. The summed E-state index contributed by atoms with van der Waals surface area (Å²) in [5, 5.41) is 11.4. The molecule has 5 heteroatoms. The molecule has 0 bridgehead atoms. The Kier molecular flexibility index (Phi) is 3.00. The minimum atomic E-state index is -1.34. The summed E-state index contributed by atoms with van der Waals surface area (Å²) in [6.45, 7) is 2.02. The third kappa shape index (κ3) is 2.38. The molecule has 2 atom stereocenters. The van der Waals surface area contributed by atoms with Crippen molar-refractivity contribution in [1.29, 1.82) is 0 Å². The number of carboxylic acid groups (broad SMARTS) is 1. The third-order valence-electron chi connectivity index (χ3n) is 3.07. The van der Waals surface area contributed by atoms with Gasteiger partial charge in [0.1, 0.15) is 17.3 Å². The molecule has 0 heterocycles. The zero-order valence-corrected chi connectivity index (χ0v) is 9.34. The van der Waals surface area contributed by atoms with Crippen molar-refractivity contribution in [2.75, 3.05) is 5.32 Å². The summed E-state index contributed by atoms with van der Waals surface area (Å²) in [7, 11) is 0. The fraction of sp³-hybridized carbons (Fsp3) is 0.417. The second-order valence-corrected chi connectivity index (χ2v) is 4.27. The molecule has 0 aliphatic heterocycles.